The maximum atomic E-state index is 13.7. The van der Waals surface area contributed by atoms with E-state index in [0.29, 0.717) is 12.1 Å². The lowest BCUT2D eigenvalue weighted by molar-refractivity contribution is 0.0950. The van der Waals surface area contributed by atoms with Gasteiger partial charge in [-0.1, -0.05) is 0 Å². The molecule has 5 nitrogen and oxygen atoms in total. The van der Waals surface area contributed by atoms with E-state index < -0.39 is 0 Å². The van der Waals surface area contributed by atoms with E-state index in [4.69, 9.17) is 0 Å². The number of benzene rings is 1. The molecule has 0 atom stereocenters. The second kappa shape index (κ2) is 7.05. The van der Waals surface area contributed by atoms with Crippen molar-refractivity contribution in [3.05, 3.63) is 53.1 Å². The van der Waals surface area contributed by atoms with Crippen LogP contribution in [-0.2, 0) is 6.54 Å². The van der Waals surface area contributed by atoms with Crippen LogP contribution in [0.4, 0.5) is 10.1 Å². The van der Waals surface area contributed by atoms with Gasteiger partial charge in [0.2, 0.25) is 0 Å². The van der Waals surface area contributed by atoms with Gasteiger partial charge in [-0.2, -0.15) is 0 Å². The van der Waals surface area contributed by atoms with Gasteiger partial charge in [0, 0.05) is 50.3 Å². The van der Waals surface area contributed by atoms with Crippen LogP contribution in [0.2, 0.25) is 0 Å². The van der Waals surface area contributed by atoms with Crippen LogP contribution in [0.1, 0.15) is 21.6 Å². The molecule has 128 valence electrons. The molecule has 24 heavy (non-hydrogen) atoms. The number of nitrogens with one attached hydrogen (secondary N) is 2. The van der Waals surface area contributed by atoms with Crippen molar-refractivity contribution in [1.29, 1.82) is 0 Å². The number of halogens is 1. The predicted octanol–water partition coefficient (Wildman–Crippen LogP) is 2.14. The summed E-state index contributed by atoms with van der Waals surface area (Å²) in [5.41, 5.74) is 3.25. The second-order valence-corrected chi connectivity index (χ2v) is 6.26. The standard InChI is InChI=1S/C18H23FN4O/c1-13-16(5-6-20-13)18(24)21-12-14-11-15(19)3-4-17(14)23-9-7-22(2)8-10-23/h3-6,11,20H,7-10,12H2,1-2H3,(H,21,24). The van der Waals surface area contributed by atoms with Crippen molar-refractivity contribution in [2.24, 2.45) is 0 Å². The molecule has 0 spiro atoms. The van der Waals surface area contributed by atoms with E-state index >= 15 is 0 Å². The maximum Gasteiger partial charge on any atom is 0.253 e. The molecule has 0 unspecified atom stereocenters. The van der Waals surface area contributed by atoms with Crippen LogP contribution in [0.15, 0.2) is 30.5 Å². The number of anilines is 1. The third kappa shape index (κ3) is 3.59. The molecule has 0 radical (unpaired) electrons. The van der Waals surface area contributed by atoms with Crippen LogP contribution in [0.5, 0.6) is 0 Å². The largest absolute Gasteiger partial charge is 0.369 e. The highest BCUT2D eigenvalue weighted by atomic mass is 19.1. The number of carbonyl (C=O) groups is 1. The molecular weight excluding hydrogens is 307 g/mol. The van der Waals surface area contributed by atoms with Gasteiger partial charge < -0.3 is 20.1 Å². The number of likely N-dealkylation sites (N-methyl/N-ethyl adjacent to an activating group) is 1. The summed E-state index contributed by atoms with van der Waals surface area (Å²) in [7, 11) is 2.10. The average molecular weight is 330 g/mol. The average Bonchev–Trinajstić information content (AvgIpc) is 3.00. The summed E-state index contributed by atoms with van der Waals surface area (Å²) < 4.78 is 13.7. The summed E-state index contributed by atoms with van der Waals surface area (Å²) >= 11 is 0. The molecule has 1 aliphatic heterocycles. The van der Waals surface area contributed by atoms with Crippen LogP contribution in [0.25, 0.3) is 0 Å². The van der Waals surface area contributed by atoms with Crippen molar-refractivity contribution >= 4 is 11.6 Å². The van der Waals surface area contributed by atoms with E-state index in [1.807, 2.05) is 13.0 Å². The molecule has 0 aliphatic carbocycles. The fourth-order valence-electron chi connectivity index (χ4n) is 3.02. The Bertz CT molecular complexity index is 720. The molecular formula is C18H23FN4O. The lowest BCUT2D eigenvalue weighted by atomic mass is 10.1. The molecule has 2 heterocycles. The van der Waals surface area contributed by atoms with Crippen LogP contribution in [0, 0.1) is 12.7 Å². The monoisotopic (exact) mass is 330 g/mol. The van der Waals surface area contributed by atoms with Gasteiger partial charge in [-0.15, -0.1) is 0 Å². The number of hydrogen-bond acceptors (Lipinski definition) is 3. The van der Waals surface area contributed by atoms with Crippen LogP contribution >= 0.6 is 0 Å². The van der Waals surface area contributed by atoms with Crippen molar-refractivity contribution in [1.82, 2.24) is 15.2 Å². The number of aryl methyl sites for hydroxylation is 1. The Morgan fingerprint density at radius 2 is 2.00 bits per heavy atom. The minimum Gasteiger partial charge on any atom is -0.369 e. The van der Waals surface area contributed by atoms with E-state index in [0.717, 1.165) is 43.1 Å². The van der Waals surface area contributed by atoms with Crippen molar-refractivity contribution in [3.63, 3.8) is 0 Å². The number of piperazine rings is 1. The zero-order valence-corrected chi connectivity index (χ0v) is 14.1. The Morgan fingerprint density at radius 1 is 1.25 bits per heavy atom. The highest BCUT2D eigenvalue weighted by Crippen LogP contribution is 2.23. The normalized spacial score (nSPS) is 15.5. The molecule has 0 saturated carbocycles. The van der Waals surface area contributed by atoms with Gasteiger partial charge in [-0.05, 0) is 43.8 Å². The topological polar surface area (TPSA) is 51.4 Å². The van der Waals surface area contributed by atoms with Gasteiger partial charge in [-0.25, -0.2) is 4.39 Å². The number of hydrogen-bond donors (Lipinski definition) is 2. The highest BCUT2D eigenvalue weighted by Gasteiger charge is 2.18. The Kier molecular flexibility index (Phi) is 4.85. The predicted molar refractivity (Wildman–Crippen MR) is 92.8 cm³/mol. The molecule has 3 rings (SSSR count). The van der Waals surface area contributed by atoms with Gasteiger partial charge >= 0.3 is 0 Å². The van der Waals surface area contributed by atoms with Crippen molar-refractivity contribution in [2.45, 2.75) is 13.5 Å². The SMILES string of the molecule is Cc1[nH]ccc1C(=O)NCc1cc(F)ccc1N1CCN(C)CC1. The lowest BCUT2D eigenvalue weighted by Crippen LogP contribution is -2.45. The molecule has 1 amide bonds. The summed E-state index contributed by atoms with van der Waals surface area (Å²) in [4.78, 5) is 19.8. The van der Waals surface area contributed by atoms with Crippen molar-refractivity contribution < 1.29 is 9.18 Å². The van der Waals surface area contributed by atoms with E-state index in [-0.39, 0.29) is 11.7 Å². The van der Waals surface area contributed by atoms with Crippen LogP contribution in [-0.4, -0.2) is 49.0 Å². The molecule has 2 aromatic rings. The Morgan fingerprint density at radius 3 is 2.67 bits per heavy atom. The first-order valence-corrected chi connectivity index (χ1v) is 8.18. The van der Waals surface area contributed by atoms with E-state index in [2.05, 4.69) is 27.1 Å². The fraction of sp³-hybridized carbons (Fsp3) is 0.389. The third-order valence-corrected chi connectivity index (χ3v) is 4.52. The quantitative estimate of drug-likeness (QED) is 0.903. The number of rotatable bonds is 4. The minimum atomic E-state index is -0.282. The summed E-state index contributed by atoms with van der Waals surface area (Å²) in [5, 5.41) is 2.89. The first kappa shape index (κ1) is 16.5. The van der Waals surface area contributed by atoms with Gasteiger partial charge in [-0.3, -0.25) is 4.79 Å². The minimum absolute atomic E-state index is 0.151. The molecule has 1 fully saturated rings. The van der Waals surface area contributed by atoms with Gasteiger partial charge in [0.25, 0.3) is 5.91 Å². The van der Waals surface area contributed by atoms with E-state index in [9.17, 15) is 9.18 Å². The van der Waals surface area contributed by atoms with Crippen molar-refractivity contribution in [2.75, 3.05) is 38.1 Å². The molecule has 1 saturated heterocycles. The number of aromatic amines is 1. The summed E-state index contributed by atoms with van der Waals surface area (Å²) in [6.07, 6.45) is 1.74. The molecule has 2 N–H and O–H groups in total. The zero-order valence-electron chi connectivity index (χ0n) is 14.1. The highest BCUT2D eigenvalue weighted by molar-refractivity contribution is 5.95. The Balaban J connectivity index is 1.74. The second-order valence-electron chi connectivity index (χ2n) is 6.26. The Labute approximate surface area is 141 Å². The van der Waals surface area contributed by atoms with E-state index in [1.54, 1.807) is 12.3 Å². The summed E-state index contributed by atoms with van der Waals surface area (Å²) in [5.74, 6) is -0.433. The number of aromatic nitrogens is 1. The maximum absolute atomic E-state index is 13.7. The Hall–Kier alpha value is -2.34. The number of carbonyl (C=O) groups excluding carboxylic acids is 1. The zero-order chi connectivity index (χ0) is 17.1. The molecule has 1 aromatic carbocycles. The van der Waals surface area contributed by atoms with Gasteiger partial charge in [0.1, 0.15) is 5.82 Å². The number of nitrogens with zero attached hydrogens (tertiary/aromatic N) is 2. The third-order valence-electron chi connectivity index (χ3n) is 4.52. The first-order chi connectivity index (χ1) is 11.5. The fourth-order valence-corrected chi connectivity index (χ4v) is 3.02. The van der Waals surface area contributed by atoms with E-state index in [1.165, 1.54) is 12.1 Å². The molecule has 1 aliphatic rings. The number of H-pyrrole nitrogens is 1. The van der Waals surface area contributed by atoms with Gasteiger partial charge in [0.15, 0.2) is 0 Å². The lowest BCUT2D eigenvalue weighted by Gasteiger charge is -2.35. The van der Waals surface area contributed by atoms with Gasteiger partial charge in [0.05, 0.1) is 5.56 Å². The number of amides is 1. The smallest absolute Gasteiger partial charge is 0.253 e. The van der Waals surface area contributed by atoms with Crippen LogP contribution < -0.4 is 10.2 Å². The molecule has 1 aromatic heterocycles. The van der Waals surface area contributed by atoms with Crippen molar-refractivity contribution in [3.8, 4) is 0 Å². The molecule has 0 bridgehead atoms. The first-order valence-electron chi connectivity index (χ1n) is 8.18. The summed E-state index contributed by atoms with van der Waals surface area (Å²) in [6.45, 7) is 5.92. The molecule has 6 heteroatoms. The summed E-state index contributed by atoms with van der Waals surface area (Å²) in [6, 6.07) is 6.55. The van der Waals surface area contributed by atoms with Crippen LogP contribution in [0.3, 0.4) is 0 Å².